The zero-order valence-corrected chi connectivity index (χ0v) is 17.3. The first kappa shape index (κ1) is 17.5. The SMILES string of the molecule is CC[C@@]12C[C@@H]1CC1(CCN(C)C)[NH2+][C@@](C)(c3ccccc31)c1ccccc12. The molecular formula is C25H33N2+. The van der Waals surface area contributed by atoms with Crippen molar-refractivity contribution in [2.24, 2.45) is 5.92 Å². The number of quaternary nitrogens is 1. The Hall–Kier alpha value is -1.64. The van der Waals surface area contributed by atoms with Gasteiger partial charge < -0.3 is 10.2 Å². The van der Waals surface area contributed by atoms with Crippen molar-refractivity contribution in [3.05, 3.63) is 70.8 Å². The average Bonchev–Trinajstić information content (AvgIpc) is 3.31. The third-order valence-corrected chi connectivity index (χ3v) is 8.09. The van der Waals surface area contributed by atoms with Crippen molar-refractivity contribution in [3.63, 3.8) is 0 Å². The molecular weight excluding hydrogens is 328 g/mol. The van der Waals surface area contributed by atoms with Crippen LogP contribution in [0.2, 0.25) is 0 Å². The Morgan fingerprint density at radius 1 is 0.926 bits per heavy atom. The van der Waals surface area contributed by atoms with Crippen molar-refractivity contribution in [2.45, 2.75) is 56.0 Å². The Kier molecular flexibility index (Phi) is 3.68. The first-order chi connectivity index (χ1) is 13.0. The Balaban J connectivity index is 1.75. The van der Waals surface area contributed by atoms with E-state index in [9.17, 15) is 0 Å². The van der Waals surface area contributed by atoms with Crippen LogP contribution in [-0.2, 0) is 16.5 Å². The topological polar surface area (TPSA) is 19.9 Å². The second-order valence-electron chi connectivity index (χ2n) is 9.76. The van der Waals surface area contributed by atoms with E-state index in [0.29, 0.717) is 5.41 Å². The molecule has 1 unspecified atom stereocenters. The lowest BCUT2D eigenvalue weighted by atomic mass is 9.76. The van der Waals surface area contributed by atoms with E-state index in [0.717, 1.165) is 12.5 Å². The van der Waals surface area contributed by atoms with E-state index >= 15 is 0 Å². The van der Waals surface area contributed by atoms with Gasteiger partial charge in [0.25, 0.3) is 0 Å². The van der Waals surface area contributed by atoms with E-state index in [4.69, 9.17) is 0 Å². The maximum absolute atomic E-state index is 2.75. The second-order valence-corrected chi connectivity index (χ2v) is 9.76. The van der Waals surface area contributed by atoms with E-state index in [1.165, 1.54) is 25.7 Å². The molecule has 0 spiro atoms. The van der Waals surface area contributed by atoms with Gasteiger partial charge in [0.2, 0.25) is 0 Å². The molecule has 1 aliphatic carbocycles. The minimum atomic E-state index is 0.0230. The van der Waals surface area contributed by atoms with Crippen LogP contribution in [-0.4, -0.2) is 25.5 Å². The van der Waals surface area contributed by atoms with Crippen LogP contribution in [0, 0.1) is 5.92 Å². The molecule has 1 fully saturated rings. The average molecular weight is 362 g/mol. The summed E-state index contributed by atoms with van der Waals surface area (Å²) in [7, 11) is 4.42. The summed E-state index contributed by atoms with van der Waals surface area (Å²) in [4.78, 5) is 2.35. The molecule has 27 heavy (non-hydrogen) atoms. The van der Waals surface area contributed by atoms with Crippen molar-refractivity contribution < 1.29 is 5.32 Å². The van der Waals surface area contributed by atoms with Gasteiger partial charge in [-0.15, -0.1) is 0 Å². The molecule has 2 aromatic carbocycles. The maximum Gasteiger partial charge on any atom is 0.146 e. The lowest BCUT2D eigenvalue weighted by Gasteiger charge is -2.37. The van der Waals surface area contributed by atoms with Crippen LogP contribution >= 0.6 is 0 Å². The highest BCUT2D eigenvalue weighted by Gasteiger charge is 2.65. The number of nitrogens with zero attached hydrogens (tertiary/aromatic N) is 1. The number of hydrogen-bond donors (Lipinski definition) is 1. The zero-order valence-electron chi connectivity index (χ0n) is 17.3. The van der Waals surface area contributed by atoms with Crippen LogP contribution in [0.5, 0.6) is 0 Å². The second kappa shape index (κ2) is 5.68. The number of hydrogen-bond acceptors (Lipinski definition) is 1. The van der Waals surface area contributed by atoms with Crippen LogP contribution in [0.25, 0.3) is 0 Å². The molecule has 2 aliphatic heterocycles. The van der Waals surface area contributed by atoms with Gasteiger partial charge in [-0.1, -0.05) is 55.5 Å². The van der Waals surface area contributed by atoms with E-state index in [1.54, 1.807) is 22.3 Å². The van der Waals surface area contributed by atoms with E-state index in [-0.39, 0.29) is 11.1 Å². The van der Waals surface area contributed by atoms with Gasteiger partial charge >= 0.3 is 0 Å². The van der Waals surface area contributed by atoms with Gasteiger partial charge in [-0.2, -0.15) is 0 Å². The van der Waals surface area contributed by atoms with Crippen LogP contribution in [0.15, 0.2) is 48.5 Å². The molecule has 0 radical (unpaired) electrons. The van der Waals surface area contributed by atoms with Crippen molar-refractivity contribution in [1.82, 2.24) is 4.90 Å². The number of fused-ring (bicyclic) bond motifs is 9. The minimum Gasteiger partial charge on any atom is -0.325 e. The van der Waals surface area contributed by atoms with Gasteiger partial charge in [-0.3, -0.25) is 0 Å². The Bertz CT molecular complexity index is 887. The van der Waals surface area contributed by atoms with Crippen LogP contribution in [0.3, 0.4) is 0 Å². The highest BCUT2D eigenvalue weighted by atomic mass is 15.1. The molecule has 2 nitrogen and oxygen atoms in total. The summed E-state index contributed by atoms with van der Waals surface area (Å²) in [5.74, 6) is 0.817. The lowest BCUT2D eigenvalue weighted by Crippen LogP contribution is -3.00. The molecule has 3 aliphatic rings. The molecule has 2 bridgehead atoms. The molecule has 4 atom stereocenters. The first-order valence-electron chi connectivity index (χ1n) is 10.7. The maximum atomic E-state index is 2.75. The normalized spacial score (nSPS) is 35.8. The number of nitrogens with two attached hydrogens (primary N) is 1. The molecule has 2 heterocycles. The van der Waals surface area contributed by atoms with Gasteiger partial charge in [0.1, 0.15) is 11.1 Å². The van der Waals surface area contributed by atoms with Gasteiger partial charge in [0.05, 0.1) is 0 Å². The smallest absolute Gasteiger partial charge is 0.146 e. The molecule has 0 aromatic heterocycles. The van der Waals surface area contributed by atoms with Crippen LogP contribution in [0.4, 0.5) is 0 Å². The molecule has 2 aromatic rings. The van der Waals surface area contributed by atoms with Gasteiger partial charge in [0, 0.05) is 36.1 Å². The summed E-state index contributed by atoms with van der Waals surface area (Å²) < 4.78 is 0. The molecule has 142 valence electrons. The van der Waals surface area contributed by atoms with Gasteiger partial charge in [-0.05, 0) is 50.8 Å². The summed E-state index contributed by atoms with van der Waals surface area (Å²) in [5, 5.41) is 2.75. The summed E-state index contributed by atoms with van der Waals surface area (Å²) in [6.07, 6.45) is 5.18. The zero-order chi connectivity index (χ0) is 18.9. The number of rotatable bonds is 4. The third kappa shape index (κ3) is 2.26. The van der Waals surface area contributed by atoms with Gasteiger partial charge in [-0.25, -0.2) is 0 Å². The Labute approximate surface area is 164 Å². The molecule has 2 heteroatoms. The Morgan fingerprint density at radius 2 is 1.52 bits per heavy atom. The van der Waals surface area contributed by atoms with E-state index < -0.39 is 0 Å². The first-order valence-corrected chi connectivity index (χ1v) is 10.7. The fourth-order valence-electron chi connectivity index (χ4n) is 6.61. The monoisotopic (exact) mass is 361 g/mol. The van der Waals surface area contributed by atoms with E-state index in [1.807, 2.05) is 0 Å². The molecule has 0 amide bonds. The van der Waals surface area contributed by atoms with Crippen molar-refractivity contribution in [3.8, 4) is 0 Å². The molecule has 1 saturated carbocycles. The molecule has 0 saturated heterocycles. The van der Waals surface area contributed by atoms with Crippen molar-refractivity contribution in [1.29, 1.82) is 0 Å². The summed E-state index contributed by atoms with van der Waals surface area (Å²) >= 11 is 0. The predicted octanol–water partition coefficient (Wildman–Crippen LogP) is 3.75. The summed E-state index contributed by atoms with van der Waals surface area (Å²) in [6, 6.07) is 18.7. The lowest BCUT2D eigenvalue weighted by molar-refractivity contribution is -0.787. The van der Waals surface area contributed by atoms with Crippen molar-refractivity contribution in [2.75, 3.05) is 20.6 Å². The molecule has 2 N–H and O–H groups in total. The highest BCUT2D eigenvalue weighted by Crippen LogP contribution is 2.64. The van der Waals surface area contributed by atoms with E-state index in [2.05, 4.69) is 86.7 Å². The van der Waals surface area contributed by atoms with Crippen molar-refractivity contribution >= 4 is 0 Å². The van der Waals surface area contributed by atoms with Crippen LogP contribution in [0.1, 0.15) is 61.8 Å². The standard InChI is InChI=1S/C25H32N2/c1-5-24-16-18(24)17-25(14-15-27(3)4)22-13-9-7-11-20(22)23(2,26-25)19-10-6-8-12-21(19)24/h6-13,18,26H,5,14-17H2,1-4H3/p+1/t18-,23-,24-,25?/m1/s1. The molecule has 5 rings (SSSR count). The summed E-state index contributed by atoms with van der Waals surface area (Å²) in [5.41, 5.74) is 6.99. The fraction of sp³-hybridized carbons (Fsp3) is 0.520. The summed E-state index contributed by atoms with van der Waals surface area (Å²) in [6.45, 7) is 6.04. The predicted molar refractivity (Wildman–Crippen MR) is 111 cm³/mol. The third-order valence-electron chi connectivity index (χ3n) is 8.09. The fourth-order valence-corrected chi connectivity index (χ4v) is 6.61. The minimum absolute atomic E-state index is 0.0230. The van der Waals surface area contributed by atoms with Crippen LogP contribution < -0.4 is 5.32 Å². The number of benzene rings is 2. The quantitative estimate of drug-likeness (QED) is 0.879. The van der Waals surface area contributed by atoms with Gasteiger partial charge in [0.15, 0.2) is 0 Å². The largest absolute Gasteiger partial charge is 0.325 e. The Morgan fingerprint density at radius 3 is 2.15 bits per heavy atom. The highest BCUT2D eigenvalue weighted by molar-refractivity contribution is 5.53.